The lowest BCUT2D eigenvalue weighted by Crippen LogP contribution is -1.81. The summed E-state index contributed by atoms with van der Waals surface area (Å²) >= 11 is 3.13. The molecule has 0 bridgehead atoms. The van der Waals surface area contributed by atoms with Gasteiger partial charge in [0.15, 0.2) is 5.13 Å². The van der Waals surface area contributed by atoms with Crippen molar-refractivity contribution in [2.45, 2.75) is 10.8 Å². The van der Waals surface area contributed by atoms with E-state index in [9.17, 15) is 0 Å². The molecule has 0 aliphatic rings. The maximum absolute atomic E-state index is 5.52. The Morgan fingerprint density at radius 1 is 1.29 bits per heavy atom. The number of nitrogens with zero attached hydrogens (tertiary/aromatic N) is 3. The summed E-state index contributed by atoms with van der Waals surface area (Å²) in [6, 6.07) is 0. The van der Waals surface area contributed by atoms with Gasteiger partial charge >= 0.3 is 0 Å². The predicted octanol–water partition coefficient (Wildman–Crippen LogP) is 1.81. The first-order valence-corrected chi connectivity index (χ1v) is 5.74. The van der Waals surface area contributed by atoms with Crippen LogP contribution >= 0.6 is 23.1 Å². The molecule has 0 aromatic carbocycles. The number of thioether (sulfide) groups is 1. The molecular weight excluding hydrogens is 216 g/mol. The first-order chi connectivity index (χ1) is 6.84. The number of hydrogen-bond acceptors (Lipinski definition) is 6. The van der Waals surface area contributed by atoms with Gasteiger partial charge in [0.05, 0.1) is 6.20 Å². The highest BCUT2D eigenvalue weighted by atomic mass is 32.2. The molecule has 0 unspecified atom stereocenters. The van der Waals surface area contributed by atoms with Gasteiger partial charge in [0.25, 0.3) is 0 Å². The quantitative estimate of drug-likeness (QED) is 0.805. The zero-order valence-electron chi connectivity index (χ0n) is 7.25. The van der Waals surface area contributed by atoms with Crippen LogP contribution in [0, 0.1) is 0 Å². The van der Waals surface area contributed by atoms with E-state index in [1.807, 2.05) is 0 Å². The first kappa shape index (κ1) is 9.42. The fourth-order valence-corrected chi connectivity index (χ4v) is 2.42. The Bertz CT molecular complexity index is 401. The molecule has 2 heterocycles. The van der Waals surface area contributed by atoms with Crippen LogP contribution in [0.5, 0.6) is 0 Å². The van der Waals surface area contributed by atoms with E-state index in [1.54, 1.807) is 36.5 Å². The lowest BCUT2D eigenvalue weighted by atomic mass is 10.6. The maximum atomic E-state index is 5.52. The molecule has 0 saturated heterocycles. The summed E-state index contributed by atoms with van der Waals surface area (Å²) in [4.78, 5) is 13.3. The van der Waals surface area contributed by atoms with Crippen molar-refractivity contribution in [3.63, 3.8) is 0 Å². The molecule has 2 rings (SSSR count). The average molecular weight is 224 g/mol. The smallest absolute Gasteiger partial charge is 0.180 e. The molecule has 2 aromatic heterocycles. The minimum Gasteiger partial charge on any atom is -0.375 e. The van der Waals surface area contributed by atoms with Crippen molar-refractivity contribution in [2.75, 3.05) is 5.73 Å². The number of nitrogens with two attached hydrogens (primary N) is 1. The van der Waals surface area contributed by atoms with Gasteiger partial charge < -0.3 is 5.73 Å². The number of anilines is 1. The van der Waals surface area contributed by atoms with E-state index in [0.717, 1.165) is 15.7 Å². The number of rotatable bonds is 3. The summed E-state index contributed by atoms with van der Waals surface area (Å²) in [6.07, 6.45) is 6.89. The van der Waals surface area contributed by atoms with Crippen LogP contribution in [0.2, 0.25) is 0 Å². The second-order valence-corrected chi connectivity index (χ2v) is 4.64. The van der Waals surface area contributed by atoms with Gasteiger partial charge in [-0.1, -0.05) is 11.8 Å². The maximum Gasteiger partial charge on any atom is 0.180 e. The Morgan fingerprint density at radius 2 is 2.21 bits per heavy atom. The molecule has 6 heteroatoms. The molecule has 2 N–H and O–H groups in total. The summed E-state index contributed by atoms with van der Waals surface area (Å²) in [5.74, 6) is 0.841. The van der Waals surface area contributed by atoms with Crippen molar-refractivity contribution in [1.82, 2.24) is 15.0 Å². The molecule has 0 atom stereocenters. The molecule has 0 radical (unpaired) electrons. The Hall–Kier alpha value is -1.14. The third-order valence-corrected chi connectivity index (χ3v) is 3.44. The fourth-order valence-electron chi connectivity index (χ4n) is 0.894. The molecule has 2 aromatic rings. The number of thiazole rings is 1. The summed E-state index contributed by atoms with van der Waals surface area (Å²) in [5.41, 5.74) is 5.52. The summed E-state index contributed by atoms with van der Waals surface area (Å²) in [6.45, 7) is 0. The molecule has 0 fully saturated rings. The van der Waals surface area contributed by atoms with Crippen molar-refractivity contribution in [2.24, 2.45) is 0 Å². The van der Waals surface area contributed by atoms with Gasteiger partial charge in [0, 0.05) is 29.2 Å². The third-order valence-electron chi connectivity index (χ3n) is 1.47. The molecule has 0 aliphatic carbocycles. The van der Waals surface area contributed by atoms with Gasteiger partial charge in [0.1, 0.15) is 5.03 Å². The van der Waals surface area contributed by atoms with Gasteiger partial charge in [-0.2, -0.15) is 0 Å². The zero-order valence-corrected chi connectivity index (χ0v) is 8.88. The minimum absolute atomic E-state index is 0.611. The lowest BCUT2D eigenvalue weighted by molar-refractivity contribution is 1.05. The van der Waals surface area contributed by atoms with E-state index in [4.69, 9.17) is 5.73 Å². The Kier molecular flexibility index (Phi) is 2.95. The zero-order chi connectivity index (χ0) is 9.80. The highest BCUT2D eigenvalue weighted by Crippen LogP contribution is 2.24. The van der Waals surface area contributed by atoms with E-state index in [1.165, 1.54) is 11.3 Å². The number of nitrogen functional groups attached to an aromatic ring is 1. The van der Waals surface area contributed by atoms with Gasteiger partial charge in [-0.25, -0.2) is 9.97 Å². The van der Waals surface area contributed by atoms with Crippen LogP contribution < -0.4 is 5.73 Å². The van der Waals surface area contributed by atoms with Crippen LogP contribution in [0.4, 0.5) is 5.13 Å². The normalized spacial score (nSPS) is 10.3. The SMILES string of the molecule is Nc1ncc(CSc2cnccn2)s1. The highest BCUT2D eigenvalue weighted by molar-refractivity contribution is 7.98. The molecule has 0 saturated carbocycles. The van der Waals surface area contributed by atoms with E-state index in [2.05, 4.69) is 15.0 Å². The molecule has 4 nitrogen and oxygen atoms in total. The first-order valence-electron chi connectivity index (χ1n) is 3.93. The van der Waals surface area contributed by atoms with E-state index in [-0.39, 0.29) is 0 Å². The van der Waals surface area contributed by atoms with Crippen molar-refractivity contribution in [3.05, 3.63) is 29.7 Å². The Balaban J connectivity index is 1.95. The van der Waals surface area contributed by atoms with Gasteiger partial charge in [-0.3, -0.25) is 4.98 Å². The largest absolute Gasteiger partial charge is 0.375 e. The topological polar surface area (TPSA) is 64.7 Å². The van der Waals surface area contributed by atoms with Crippen molar-refractivity contribution >= 4 is 28.2 Å². The molecule has 14 heavy (non-hydrogen) atoms. The monoisotopic (exact) mass is 224 g/mol. The van der Waals surface area contributed by atoms with Crippen LogP contribution in [-0.4, -0.2) is 15.0 Å². The summed E-state index contributed by atoms with van der Waals surface area (Å²) in [5, 5.41) is 1.53. The molecule has 72 valence electrons. The molecular formula is C8H8N4S2. The minimum atomic E-state index is 0.611. The van der Waals surface area contributed by atoms with E-state index in [0.29, 0.717) is 5.13 Å². The van der Waals surface area contributed by atoms with Crippen LogP contribution in [-0.2, 0) is 5.75 Å². The van der Waals surface area contributed by atoms with Crippen molar-refractivity contribution in [1.29, 1.82) is 0 Å². The molecule has 0 spiro atoms. The van der Waals surface area contributed by atoms with Gasteiger partial charge in [-0.05, 0) is 0 Å². The summed E-state index contributed by atoms with van der Waals surface area (Å²) < 4.78 is 0. The number of hydrogen-bond donors (Lipinski definition) is 1. The fraction of sp³-hybridized carbons (Fsp3) is 0.125. The van der Waals surface area contributed by atoms with E-state index < -0.39 is 0 Å². The Labute approximate surface area is 89.6 Å². The van der Waals surface area contributed by atoms with Crippen molar-refractivity contribution in [3.8, 4) is 0 Å². The van der Waals surface area contributed by atoms with Crippen LogP contribution in [0.3, 0.4) is 0 Å². The lowest BCUT2D eigenvalue weighted by Gasteiger charge is -1.95. The predicted molar refractivity (Wildman–Crippen MR) is 58.1 cm³/mol. The summed E-state index contributed by atoms with van der Waals surface area (Å²) in [7, 11) is 0. The second kappa shape index (κ2) is 4.39. The standard InChI is InChI=1S/C8H8N4S2/c9-8-12-3-6(14-8)5-13-7-4-10-1-2-11-7/h1-4H,5H2,(H2,9,12). The average Bonchev–Trinajstić information content (AvgIpc) is 2.63. The van der Waals surface area contributed by atoms with Crippen LogP contribution in [0.1, 0.15) is 4.88 Å². The third kappa shape index (κ3) is 2.43. The van der Waals surface area contributed by atoms with Crippen LogP contribution in [0.25, 0.3) is 0 Å². The van der Waals surface area contributed by atoms with Crippen molar-refractivity contribution < 1.29 is 0 Å². The molecule has 0 aliphatic heterocycles. The Morgan fingerprint density at radius 3 is 2.86 bits per heavy atom. The highest BCUT2D eigenvalue weighted by Gasteiger charge is 2.00. The second-order valence-electron chi connectivity index (χ2n) is 2.50. The van der Waals surface area contributed by atoms with Gasteiger partial charge in [0.2, 0.25) is 0 Å². The van der Waals surface area contributed by atoms with E-state index >= 15 is 0 Å². The van der Waals surface area contributed by atoms with Gasteiger partial charge in [-0.15, -0.1) is 11.3 Å². The number of aromatic nitrogens is 3. The molecule has 0 amide bonds. The van der Waals surface area contributed by atoms with Crippen LogP contribution in [0.15, 0.2) is 29.8 Å².